The van der Waals surface area contributed by atoms with Crippen molar-refractivity contribution in [2.45, 2.75) is 33.2 Å². The average Bonchev–Trinajstić information content (AvgIpc) is 2.80. The molecule has 2 rings (SSSR count). The van der Waals surface area contributed by atoms with Crippen LogP contribution in [0.3, 0.4) is 0 Å². The summed E-state index contributed by atoms with van der Waals surface area (Å²) in [5.41, 5.74) is 2.50. The number of nitrogens with one attached hydrogen (secondary N) is 1. The lowest BCUT2D eigenvalue weighted by Gasteiger charge is -2.10. The van der Waals surface area contributed by atoms with Gasteiger partial charge in [-0.2, -0.15) is 0 Å². The molecule has 0 aromatic heterocycles. The summed E-state index contributed by atoms with van der Waals surface area (Å²) in [6, 6.07) is 6.82. The number of hydrogen-bond donors (Lipinski definition) is 1. The molecular weight excluding hydrogens is 308 g/mol. The van der Waals surface area contributed by atoms with E-state index in [1.807, 2.05) is 11.8 Å². The van der Waals surface area contributed by atoms with Gasteiger partial charge in [0.05, 0.1) is 6.04 Å². The second-order valence-corrected chi connectivity index (χ2v) is 6.76. The van der Waals surface area contributed by atoms with Gasteiger partial charge in [0.15, 0.2) is 5.17 Å². The Morgan fingerprint density at radius 1 is 1.50 bits per heavy atom. The van der Waals surface area contributed by atoms with Crippen molar-refractivity contribution in [1.29, 1.82) is 0 Å². The third-order valence-corrected chi connectivity index (χ3v) is 4.62. The molecule has 1 heterocycles. The summed E-state index contributed by atoms with van der Waals surface area (Å²) in [5, 5.41) is 4.53. The molecule has 0 bridgehead atoms. The zero-order valence-electron chi connectivity index (χ0n) is 11.0. The maximum absolute atomic E-state index is 4.74. The van der Waals surface area contributed by atoms with E-state index in [1.54, 1.807) is 0 Å². The molecule has 1 atom stereocenters. The van der Waals surface area contributed by atoms with Crippen LogP contribution in [-0.4, -0.2) is 17.0 Å². The van der Waals surface area contributed by atoms with Gasteiger partial charge in [-0.25, -0.2) is 0 Å². The Bertz CT molecular complexity index is 457. The normalized spacial score (nSPS) is 19.2. The van der Waals surface area contributed by atoms with E-state index < -0.39 is 0 Å². The number of amidine groups is 1. The highest BCUT2D eigenvalue weighted by Gasteiger charge is 2.21. The third kappa shape index (κ3) is 3.29. The van der Waals surface area contributed by atoms with Gasteiger partial charge in [0.25, 0.3) is 0 Å². The van der Waals surface area contributed by atoms with E-state index in [0.29, 0.717) is 12.0 Å². The summed E-state index contributed by atoms with van der Waals surface area (Å²) in [7, 11) is 0. The fourth-order valence-corrected chi connectivity index (χ4v) is 3.48. The SMILES string of the molecule is CCc1cc(Br)ccc1NC1=N[C@@H](C(C)C)CS1. The van der Waals surface area contributed by atoms with E-state index in [-0.39, 0.29) is 0 Å². The van der Waals surface area contributed by atoms with Crippen LogP contribution in [0.15, 0.2) is 27.7 Å². The zero-order chi connectivity index (χ0) is 13.1. The largest absolute Gasteiger partial charge is 0.335 e. The number of aryl methyl sites for hydroxylation is 1. The number of thioether (sulfide) groups is 1. The minimum Gasteiger partial charge on any atom is -0.335 e. The van der Waals surface area contributed by atoms with Gasteiger partial charge in [0, 0.05) is 15.9 Å². The number of anilines is 1. The lowest BCUT2D eigenvalue weighted by Crippen LogP contribution is -2.12. The van der Waals surface area contributed by atoms with Crippen molar-refractivity contribution in [3.63, 3.8) is 0 Å². The number of nitrogens with zero attached hydrogens (tertiary/aromatic N) is 1. The molecular formula is C14H19BrN2S. The Morgan fingerprint density at radius 3 is 2.89 bits per heavy atom. The molecule has 0 saturated heterocycles. The maximum atomic E-state index is 4.74. The molecule has 2 nitrogen and oxygen atoms in total. The van der Waals surface area contributed by atoms with Gasteiger partial charge in [-0.15, -0.1) is 0 Å². The van der Waals surface area contributed by atoms with Crippen LogP contribution in [-0.2, 0) is 6.42 Å². The predicted octanol–water partition coefficient (Wildman–Crippen LogP) is 4.55. The van der Waals surface area contributed by atoms with Gasteiger partial charge in [0.1, 0.15) is 0 Å². The van der Waals surface area contributed by atoms with Gasteiger partial charge in [-0.1, -0.05) is 48.5 Å². The first-order valence-corrected chi connectivity index (χ1v) is 8.14. The van der Waals surface area contributed by atoms with Crippen molar-refractivity contribution in [2.24, 2.45) is 10.9 Å². The number of benzene rings is 1. The predicted molar refractivity (Wildman–Crippen MR) is 85.7 cm³/mol. The molecule has 18 heavy (non-hydrogen) atoms. The van der Waals surface area contributed by atoms with E-state index in [0.717, 1.165) is 21.8 Å². The van der Waals surface area contributed by atoms with Crippen molar-refractivity contribution in [1.82, 2.24) is 0 Å². The van der Waals surface area contributed by atoms with E-state index in [2.05, 4.69) is 60.2 Å². The van der Waals surface area contributed by atoms with Crippen LogP contribution in [0.1, 0.15) is 26.3 Å². The summed E-state index contributed by atoms with van der Waals surface area (Å²) in [5.74, 6) is 1.71. The molecule has 4 heteroatoms. The number of aliphatic imine (C=N–C) groups is 1. The maximum Gasteiger partial charge on any atom is 0.161 e. The van der Waals surface area contributed by atoms with Gasteiger partial charge >= 0.3 is 0 Å². The second kappa shape index (κ2) is 6.11. The molecule has 1 N–H and O–H groups in total. The molecule has 0 aliphatic carbocycles. The molecule has 0 spiro atoms. The summed E-state index contributed by atoms with van der Waals surface area (Å²) < 4.78 is 1.13. The topological polar surface area (TPSA) is 24.4 Å². The highest BCUT2D eigenvalue weighted by atomic mass is 79.9. The van der Waals surface area contributed by atoms with E-state index in [9.17, 15) is 0 Å². The Labute approximate surface area is 122 Å². The molecule has 1 aliphatic rings. The Hall–Kier alpha value is -0.480. The highest BCUT2D eigenvalue weighted by molar-refractivity contribution is 9.10. The fourth-order valence-electron chi connectivity index (χ4n) is 1.89. The lowest BCUT2D eigenvalue weighted by atomic mass is 10.1. The van der Waals surface area contributed by atoms with Crippen LogP contribution < -0.4 is 5.32 Å². The van der Waals surface area contributed by atoms with E-state index >= 15 is 0 Å². The second-order valence-electron chi connectivity index (χ2n) is 4.84. The Balaban J connectivity index is 2.13. The summed E-state index contributed by atoms with van der Waals surface area (Å²) >= 11 is 5.34. The van der Waals surface area contributed by atoms with Crippen molar-refractivity contribution in [2.75, 3.05) is 11.1 Å². The molecule has 1 aromatic rings. The van der Waals surface area contributed by atoms with Crippen LogP contribution in [0.5, 0.6) is 0 Å². The lowest BCUT2D eigenvalue weighted by molar-refractivity contribution is 0.543. The average molecular weight is 327 g/mol. The zero-order valence-corrected chi connectivity index (χ0v) is 13.4. The van der Waals surface area contributed by atoms with Gasteiger partial charge in [-0.3, -0.25) is 4.99 Å². The molecule has 0 fully saturated rings. The minimum atomic E-state index is 0.457. The van der Waals surface area contributed by atoms with Gasteiger partial charge in [0.2, 0.25) is 0 Å². The van der Waals surface area contributed by atoms with Crippen molar-refractivity contribution < 1.29 is 0 Å². The molecule has 1 aliphatic heterocycles. The monoisotopic (exact) mass is 326 g/mol. The number of halogens is 1. The molecule has 0 unspecified atom stereocenters. The first kappa shape index (κ1) is 13.9. The molecule has 0 amide bonds. The summed E-state index contributed by atoms with van der Waals surface area (Å²) in [6.07, 6.45) is 1.02. The molecule has 0 saturated carbocycles. The number of hydrogen-bond acceptors (Lipinski definition) is 3. The van der Waals surface area contributed by atoms with Crippen LogP contribution in [0.4, 0.5) is 5.69 Å². The quantitative estimate of drug-likeness (QED) is 0.881. The van der Waals surface area contributed by atoms with Crippen LogP contribution in [0.25, 0.3) is 0 Å². The minimum absolute atomic E-state index is 0.457. The van der Waals surface area contributed by atoms with Crippen LogP contribution >= 0.6 is 27.7 Å². The van der Waals surface area contributed by atoms with Crippen LogP contribution in [0.2, 0.25) is 0 Å². The third-order valence-electron chi connectivity index (χ3n) is 3.13. The van der Waals surface area contributed by atoms with E-state index in [4.69, 9.17) is 4.99 Å². The Morgan fingerprint density at radius 2 is 2.28 bits per heavy atom. The van der Waals surface area contributed by atoms with E-state index in [1.165, 1.54) is 11.3 Å². The van der Waals surface area contributed by atoms with Crippen molar-refractivity contribution in [3.05, 3.63) is 28.2 Å². The first-order valence-electron chi connectivity index (χ1n) is 6.36. The highest BCUT2D eigenvalue weighted by Crippen LogP contribution is 2.27. The fraction of sp³-hybridized carbons (Fsp3) is 0.500. The Kier molecular flexibility index (Phi) is 4.73. The van der Waals surface area contributed by atoms with Gasteiger partial charge < -0.3 is 5.32 Å². The molecule has 1 aromatic carbocycles. The van der Waals surface area contributed by atoms with Crippen molar-refractivity contribution in [3.8, 4) is 0 Å². The molecule has 98 valence electrons. The first-order chi connectivity index (χ1) is 8.60. The number of rotatable bonds is 3. The summed E-state index contributed by atoms with van der Waals surface area (Å²) in [4.78, 5) is 4.74. The standard InChI is InChI=1S/C14H19BrN2S/c1-4-10-7-11(15)5-6-12(10)16-14-17-13(8-18-14)9(2)3/h5-7,9,13H,4,8H2,1-3H3,(H,16,17)/t13-/m1/s1. The van der Waals surface area contributed by atoms with Crippen molar-refractivity contribution >= 4 is 38.5 Å². The smallest absolute Gasteiger partial charge is 0.161 e. The van der Waals surface area contributed by atoms with Crippen LogP contribution in [0, 0.1) is 5.92 Å². The molecule has 0 radical (unpaired) electrons. The summed E-state index contributed by atoms with van der Waals surface area (Å²) in [6.45, 7) is 6.64. The van der Waals surface area contributed by atoms with Gasteiger partial charge in [-0.05, 0) is 36.1 Å².